The van der Waals surface area contributed by atoms with E-state index in [1.807, 2.05) is 0 Å². The lowest BCUT2D eigenvalue weighted by molar-refractivity contribution is 0.660. The summed E-state index contributed by atoms with van der Waals surface area (Å²) >= 11 is 0. The van der Waals surface area contributed by atoms with Gasteiger partial charge in [-0.1, -0.05) is 178 Å². The van der Waals surface area contributed by atoms with E-state index >= 15 is 0 Å². The molecule has 0 spiro atoms. The molecule has 56 heavy (non-hydrogen) atoms. The average molecular weight is 716 g/mol. The van der Waals surface area contributed by atoms with Crippen LogP contribution in [-0.4, -0.2) is 0 Å². The maximum atomic E-state index is 2.42. The first-order valence-electron chi connectivity index (χ1n) is 19.5. The molecule has 266 valence electrons. The molecule has 1 heteroatoms. The Hall–Kier alpha value is -6.96. The van der Waals surface area contributed by atoms with Gasteiger partial charge in [-0.25, -0.2) is 0 Å². The van der Waals surface area contributed by atoms with Crippen LogP contribution in [0.3, 0.4) is 0 Å². The molecule has 0 heterocycles. The Morgan fingerprint density at radius 3 is 1.59 bits per heavy atom. The summed E-state index contributed by atoms with van der Waals surface area (Å²) in [6, 6.07) is 77.7. The van der Waals surface area contributed by atoms with E-state index in [1.54, 1.807) is 0 Å². The van der Waals surface area contributed by atoms with E-state index in [4.69, 9.17) is 0 Å². The number of rotatable bonds is 7. The Labute approximate surface area is 329 Å². The summed E-state index contributed by atoms with van der Waals surface area (Å²) in [6.45, 7) is 4.70. The molecule has 0 fully saturated rings. The second-order valence-electron chi connectivity index (χ2n) is 15.4. The molecule has 0 unspecified atom stereocenters. The minimum atomic E-state index is -0.0476. The van der Waals surface area contributed by atoms with Crippen LogP contribution in [0.1, 0.15) is 25.0 Å². The van der Waals surface area contributed by atoms with E-state index in [9.17, 15) is 0 Å². The van der Waals surface area contributed by atoms with Gasteiger partial charge in [0, 0.05) is 22.5 Å². The van der Waals surface area contributed by atoms with Crippen molar-refractivity contribution >= 4 is 27.8 Å². The van der Waals surface area contributed by atoms with Gasteiger partial charge < -0.3 is 4.90 Å². The van der Waals surface area contributed by atoms with Crippen LogP contribution >= 0.6 is 0 Å². The van der Waals surface area contributed by atoms with E-state index in [2.05, 4.69) is 231 Å². The molecule has 0 radical (unpaired) electrons. The molecule has 0 atom stereocenters. The van der Waals surface area contributed by atoms with Gasteiger partial charge in [-0.15, -0.1) is 0 Å². The Morgan fingerprint density at radius 1 is 0.304 bits per heavy atom. The molecule has 9 aromatic carbocycles. The number of benzene rings is 9. The smallest absolute Gasteiger partial charge is 0.0473 e. The third-order valence-corrected chi connectivity index (χ3v) is 11.6. The van der Waals surface area contributed by atoms with Gasteiger partial charge in [-0.2, -0.15) is 0 Å². The highest BCUT2D eigenvalue weighted by atomic mass is 15.1. The monoisotopic (exact) mass is 715 g/mol. The Morgan fingerprint density at radius 2 is 0.839 bits per heavy atom. The Bertz CT molecular complexity index is 2800. The van der Waals surface area contributed by atoms with E-state index < -0.39 is 0 Å². The summed E-state index contributed by atoms with van der Waals surface area (Å²) < 4.78 is 0. The fraction of sp³-hybridized carbons (Fsp3) is 0.0545. The zero-order valence-corrected chi connectivity index (χ0v) is 31.7. The Balaban J connectivity index is 1.13. The third kappa shape index (κ3) is 5.90. The first-order chi connectivity index (χ1) is 27.5. The van der Waals surface area contributed by atoms with Gasteiger partial charge in [-0.3, -0.25) is 0 Å². The van der Waals surface area contributed by atoms with Crippen LogP contribution in [0.5, 0.6) is 0 Å². The first-order valence-corrected chi connectivity index (χ1v) is 19.5. The summed E-state index contributed by atoms with van der Waals surface area (Å²) in [5.74, 6) is 0. The molecule has 10 rings (SSSR count). The van der Waals surface area contributed by atoms with Crippen molar-refractivity contribution < 1.29 is 0 Å². The molecule has 1 aliphatic carbocycles. The van der Waals surface area contributed by atoms with Gasteiger partial charge in [0.15, 0.2) is 0 Å². The highest BCUT2D eigenvalue weighted by Crippen LogP contribution is 2.50. The van der Waals surface area contributed by atoms with Gasteiger partial charge in [0.05, 0.1) is 0 Å². The lowest BCUT2D eigenvalue weighted by Gasteiger charge is -2.28. The lowest BCUT2D eigenvalue weighted by atomic mass is 9.81. The molecule has 0 bridgehead atoms. The minimum absolute atomic E-state index is 0.0476. The summed E-state index contributed by atoms with van der Waals surface area (Å²) in [6.07, 6.45) is 0. The quantitative estimate of drug-likeness (QED) is 0.159. The number of hydrogen-bond acceptors (Lipinski definition) is 1. The first kappa shape index (κ1) is 33.6. The van der Waals surface area contributed by atoms with E-state index in [0.29, 0.717) is 0 Å². The minimum Gasteiger partial charge on any atom is -0.310 e. The van der Waals surface area contributed by atoms with Gasteiger partial charge >= 0.3 is 0 Å². The van der Waals surface area contributed by atoms with Crippen molar-refractivity contribution in [1.82, 2.24) is 0 Å². The highest BCUT2D eigenvalue weighted by Gasteiger charge is 2.35. The normalized spacial score (nSPS) is 12.6. The number of hydrogen-bond donors (Lipinski definition) is 0. The molecule has 0 amide bonds. The molecule has 0 N–H and O–H groups in total. The second-order valence-corrected chi connectivity index (χ2v) is 15.4. The molecule has 0 aliphatic heterocycles. The SMILES string of the molecule is CC1(C)c2ccccc2-c2ccc(-c3ccc(N(c4cc(-c5ccccc5)cc(-c5ccccc5)c4)c4cccc(-c5cccc6ccccc56)c4)cc3)cc21. The molecular weight excluding hydrogens is 675 g/mol. The fourth-order valence-electron chi connectivity index (χ4n) is 8.76. The summed E-state index contributed by atoms with van der Waals surface area (Å²) in [5.41, 5.74) is 18.3. The molecule has 1 nitrogen and oxygen atoms in total. The highest BCUT2D eigenvalue weighted by molar-refractivity contribution is 5.98. The van der Waals surface area contributed by atoms with Crippen molar-refractivity contribution in [3.05, 3.63) is 223 Å². The van der Waals surface area contributed by atoms with Gasteiger partial charge in [-0.05, 0) is 126 Å². The standard InChI is InChI=1S/C55H41N/c1-55(2)53-26-12-11-24-51(53)52-32-29-42(37-54(52)55)40-27-30-46(31-28-40)56(47-22-13-21-43(34-47)50-25-14-20-41-19-9-10-23-49(41)50)48-35-44(38-15-5-3-6-16-38)33-45(36-48)39-17-7-4-8-18-39/h3-37H,1-2H3. The summed E-state index contributed by atoms with van der Waals surface area (Å²) in [5, 5.41) is 2.49. The zero-order valence-electron chi connectivity index (χ0n) is 31.7. The maximum absolute atomic E-state index is 2.42. The average Bonchev–Trinajstić information content (AvgIpc) is 3.49. The van der Waals surface area contributed by atoms with Crippen molar-refractivity contribution in [3.8, 4) is 55.6 Å². The predicted molar refractivity (Wildman–Crippen MR) is 238 cm³/mol. The fourth-order valence-corrected chi connectivity index (χ4v) is 8.76. The van der Waals surface area contributed by atoms with Gasteiger partial charge in [0.25, 0.3) is 0 Å². The summed E-state index contributed by atoms with van der Waals surface area (Å²) in [7, 11) is 0. The maximum Gasteiger partial charge on any atom is 0.0473 e. The van der Waals surface area contributed by atoms with Crippen LogP contribution < -0.4 is 4.90 Å². The largest absolute Gasteiger partial charge is 0.310 e. The molecule has 1 aliphatic rings. The molecule has 9 aromatic rings. The Kier molecular flexibility index (Phi) is 8.23. The molecule has 0 aromatic heterocycles. The summed E-state index contributed by atoms with van der Waals surface area (Å²) in [4.78, 5) is 2.42. The van der Waals surface area contributed by atoms with Crippen LogP contribution in [0.4, 0.5) is 17.1 Å². The lowest BCUT2D eigenvalue weighted by Crippen LogP contribution is -2.14. The third-order valence-electron chi connectivity index (χ3n) is 11.6. The van der Waals surface area contributed by atoms with Crippen LogP contribution in [0, 0.1) is 0 Å². The topological polar surface area (TPSA) is 3.24 Å². The van der Waals surface area contributed by atoms with E-state index in [-0.39, 0.29) is 5.41 Å². The van der Waals surface area contributed by atoms with Crippen LogP contribution in [0.25, 0.3) is 66.4 Å². The van der Waals surface area contributed by atoms with Gasteiger partial charge in [0.2, 0.25) is 0 Å². The van der Waals surface area contributed by atoms with Crippen molar-refractivity contribution in [2.24, 2.45) is 0 Å². The van der Waals surface area contributed by atoms with Crippen LogP contribution in [0.15, 0.2) is 212 Å². The molecule has 0 saturated heterocycles. The number of fused-ring (bicyclic) bond motifs is 4. The van der Waals surface area contributed by atoms with E-state index in [1.165, 1.54) is 77.5 Å². The van der Waals surface area contributed by atoms with Crippen molar-refractivity contribution in [3.63, 3.8) is 0 Å². The van der Waals surface area contributed by atoms with Crippen molar-refractivity contribution in [2.45, 2.75) is 19.3 Å². The van der Waals surface area contributed by atoms with Crippen molar-refractivity contribution in [1.29, 1.82) is 0 Å². The zero-order chi connectivity index (χ0) is 37.6. The van der Waals surface area contributed by atoms with Crippen LogP contribution in [0.2, 0.25) is 0 Å². The van der Waals surface area contributed by atoms with E-state index in [0.717, 1.165) is 17.1 Å². The predicted octanol–water partition coefficient (Wildman–Crippen LogP) is 15.3. The molecular formula is C55H41N. The second kappa shape index (κ2) is 13.7. The molecule has 0 saturated carbocycles. The number of nitrogens with zero attached hydrogens (tertiary/aromatic N) is 1. The van der Waals surface area contributed by atoms with Crippen LogP contribution in [-0.2, 0) is 5.41 Å². The van der Waals surface area contributed by atoms with Crippen molar-refractivity contribution in [2.75, 3.05) is 4.90 Å². The number of anilines is 3. The van der Waals surface area contributed by atoms with Gasteiger partial charge in [0.1, 0.15) is 0 Å².